The Labute approximate surface area is 129 Å². The van der Waals surface area contributed by atoms with Gasteiger partial charge in [-0.25, -0.2) is 8.42 Å². The van der Waals surface area contributed by atoms with Crippen molar-refractivity contribution in [2.24, 2.45) is 5.92 Å². The van der Waals surface area contributed by atoms with Crippen molar-refractivity contribution in [3.05, 3.63) is 17.5 Å². The number of nitrogens with one attached hydrogen (secondary N) is 2. The number of rotatable bonds is 6. The zero-order valence-electron chi connectivity index (χ0n) is 12.0. The van der Waals surface area contributed by atoms with Crippen LogP contribution in [-0.2, 0) is 14.8 Å². The van der Waals surface area contributed by atoms with Gasteiger partial charge in [-0.3, -0.25) is 4.79 Å². The SMILES string of the molecule is CN(CCNC(=O)C1CCNCC1)S(=O)(=O)c1cccs1. The number of carbonyl (C=O) groups excluding carboxylic acids is 1. The van der Waals surface area contributed by atoms with E-state index in [9.17, 15) is 13.2 Å². The van der Waals surface area contributed by atoms with Gasteiger partial charge < -0.3 is 10.6 Å². The fourth-order valence-corrected chi connectivity index (χ4v) is 4.62. The van der Waals surface area contributed by atoms with E-state index in [-0.39, 0.29) is 18.4 Å². The minimum absolute atomic E-state index is 0.0263. The Hall–Kier alpha value is -0.960. The van der Waals surface area contributed by atoms with Gasteiger partial charge in [0.05, 0.1) is 0 Å². The van der Waals surface area contributed by atoms with Crippen molar-refractivity contribution < 1.29 is 13.2 Å². The highest BCUT2D eigenvalue weighted by molar-refractivity contribution is 7.91. The first-order valence-corrected chi connectivity index (χ1v) is 9.32. The molecule has 2 heterocycles. The predicted octanol–water partition coefficient (Wildman–Crippen LogP) is 0.484. The van der Waals surface area contributed by atoms with E-state index in [1.54, 1.807) is 17.5 Å². The van der Waals surface area contributed by atoms with Crippen LogP contribution in [-0.4, -0.2) is 51.9 Å². The number of sulfonamides is 1. The zero-order chi connectivity index (χ0) is 15.3. The molecule has 1 amide bonds. The third kappa shape index (κ3) is 4.26. The quantitative estimate of drug-likeness (QED) is 0.795. The molecule has 1 aliphatic heterocycles. The highest BCUT2D eigenvalue weighted by Crippen LogP contribution is 2.19. The van der Waals surface area contributed by atoms with Crippen LogP contribution in [0.25, 0.3) is 0 Å². The lowest BCUT2D eigenvalue weighted by Gasteiger charge is -2.22. The molecule has 2 rings (SSSR count). The molecular weight excluding hydrogens is 310 g/mol. The molecular formula is C13H21N3O3S2. The van der Waals surface area contributed by atoms with Crippen molar-refractivity contribution >= 4 is 27.3 Å². The van der Waals surface area contributed by atoms with Crippen LogP contribution in [0.4, 0.5) is 0 Å². The van der Waals surface area contributed by atoms with Crippen molar-refractivity contribution in [2.75, 3.05) is 33.2 Å². The normalized spacial score (nSPS) is 17.0. The van der Waals surface area contributed by atoms with Crippen LogP contribution in [0.15, 0.2) is 21.7 Å². The monoisotopic (exact) mass is 331 g/mol. The molecule has 1 aromatic rings. The number of hydrogen-bond acceptors (Lipinski definition) is 5. The third-order valence-corrected chi connectivity index (χ3v) is 6.83. The Kier molecular flexibility index (Phi) is 5.74. The van der Waals surface area contributed by atoms with Crippen LogP contribution in [0.1, 0.15) is 12.8 Å². The molecule has 1 aliphatic rings. The maximum Gasteiger partial charge on any atom is 0.252 e. The Morgan fingerprint density at radius 2 is 2.19 bits per heavy atom. The summed E-state index contributed by atoms with van der Waals surface area (Å²) in [5, 5.41) is 7.78. The average molecular weight is 331 g/mol. The topological polar surface area (TPSA) is 78.5 Å². The van der Waals surface area contributed by atoms with Crippen molar-refractivity contribution in [1.82, 2.24) is 14.9 Å². The molecule has 0 spiro atoms. The van der Waals surface area contributed by atoms with E-state index in [0.717, 1.165) is 25.9 Å². The van der Waals surface area contributed by atoms with E-state index in [0.29, 0.717) is 10.8 Å². The largest absolute Gasteiger partial charge is 0.355 e. The Balaban J connectivity index is 1.79. The highest BCUT2D eigenvalue weighted by atomic mass is 32.2. The van der Waals surface area contributed by atoms with Gasteiger partial charge in [-0.2, -0.15) is 4.31 Å². The summed E-state index contributed by atoms with van der Waals surface area (Å²) in [4.78, 5) is 12.0. The van der Waals surface area contributed by atoms with E-state index in [2.05, 4.69) is 10.6 Å². The van der Waals surface area contributed by atoms with Crippen LogP contribution in [0.2, 0.25) is 0 Å². The maximum absolute atomic E-state index is 12.2. The summed E-state index contributed by atoms with van der Waals surface area (Å²) in [5.41, 5.74) is 0. The lowest BCUT2D eigenvalue weighted by Crippen LogP contribution is -2.41. The van der Waals surface area contributed by atoms with Crippen LogP contribution in [0.3, 0.4) is 0 Å². The number of likely N-dealkylation sites (N-methyl/N-ethyl adjacent to an activating group) is 1. The fraction of sp³-hybridized carbons (Fsp3) is 0.615. The summed E-state index contributed by atoms with van der Waals surface area (Å²) >= 11 is 1.20. The van der Waals surface area contributed by atoms with Crippen LogP contribution in [0.5, 0.6) is 0 Å². The first-order chi connectivity index (χ1) is 10.0. The number of carbonyl (C=O) groups is 1. The molecule has 0 atom stereocenters. The van der Waals surface area contributed by atoms with E-state index in [4.69, 9.17) is 0 Å². The molecule has 1 fully saturated rings. The Morgan fingerprint density at radius 1 is 1.48 bits per heavy atom. The zero-order valence-corrected chi connectivity index (χ0v) is 13.7. The number of nitrogens with zero attached hydrogens (tertiary/aromatic N) is 1. The summed E-state index contributed by atoms with van der Waals surface area (Å²) in [5.74, 6) is 0.0730. The molecule has 0 saturated carbocycles. The molecule has 8 heteroatoms. The third-order valence-electron chi connectivity index (χ3n) is 3.60. The van der Waals surface area contributed by atoms with Gasteiger partial charge in [0.15, 0.2) is 0 Å². The molecule has 2 N–H and O–H groups in total. The fourth-order valence-electron chi connectivity index (χ4n) is 2.25. The second-order valence-corrected chi connectivity index (χ2v) is 8.29. The second-order valence-electron chi connectivity index (χ2n) is 5.07. The van der Waals surface area contributed by atoms with Crippen molar-refractivity contribution in [3.8, 4) is 0 Å². The first kappa shape index (κ1) is 16.4. The van der Waals surface area contributed by atoms with E-state index in [1.807, 2.05) is 0 Å². The summed E-state index contributed by atoms with van der Waals surface area (Å²) in [6.07, 6.45) is 1.68. The lowest BCUT2D eigenvalue weighted by molar-refractivity contribution is -0.125. The van der Waals surface area contributed by atoms with E-state index >= 15 is 0 Å². The number of thiophene rings is 1. The van der Waals surface area contributed by atoms with E-state index in [1.165, 1.54) is 22.7 Å². The molecule has 0 aliphatic carbocycles. The summed E-state index contributed by atoms with van der Waals surface area (Å²) in [6, 6.07) is 3.30. The Morgan fingerprint density at radius 3 is 2.81 bits per heavy atom. The first-order valence-electron chi connectivity index (χ1n) is 7.00. The van der Waals surface area contributed by atoms with Crippen molar-refractivity contribution in [2.45, 2.75) is 17.1 Å². The van der Waals surface area contributed by atoms with E-state index < -0.39 is 10.0 Å². The smallest absolute Gasteiger partial charge is 0.252 e. The summed E-state index contributed by atoms with van der Waals surface area (Å²) in [6.45, 7) is 2.34. The standard InChI is InChI=1S/C13H21N3O3S2/c1-16(21(18,19)12-3-2-10-20-12)9-8-15-13(17)11-4-6-14-7-5-11/h2-3,10-11,14H,4-9H2,1H3,(H,15,17). The minimum atomic E-state index is -3.43. The maximum atomic E-state index is 12.2. The van der Waals surface area contributed by atoms with Gasteiger partial charge in [-0.05, 0) is 37.4 Å². The van der Waals surface area contributed by atoms with Crippen molar-refractivity contribution in [1.29, 1.82) is 0 Å². The van der Waals surface area contributed by atoms with Gasteiger partial charge in [-0.1, -0.05) is 6.07 Å². The molecule has 0 unspecified atom stereocenters. The van der Waals surface area contributed by atoms with Gasteiger partial charge in [-0.15, -0.1) is 11.3 Å². The summed E-state index contributed by atoms with van der Waals surface area (Å²) < 4.78 is 26.0. The van der Waals surface area contributed by atoms with Gasteiger partial charge in [0.25, 0.3) is 10.0 Å². The molecule has 0 radical (unpaired) electrons. The van der Waals surface area contributed by atoms with Crippen LogP contribution in [0, 0.1) is 5.92 Å². The Bertz CT molecular complexity index is 551. The molecule has 1 saturated heterocycles. The number of piperidine rings is 1. The van der Waals surface area contributed by atoms with Gasteiger partial charge in [0.1, 0.15) is 4.21 Å². The van der Waals surface area contributed by atoms with Gasteiger partial charge >= 0.3 is 0 Å². The van der Waals surface area contributed by atoms with Crippen LogP contribution >= 0.6 is 11.3 Å². The number of hydrogen-bond donors (Lipinski definition) is 2. The molecule has 6 nitrogen and oxygen atoms in total. The van der Waals surface area contributed by atoms with Crippen LogP contribution < -0.4 is 10.6 Å². The highest BCUT2D eigenvalue weighted by Gasteiger charge is 2.23. The van der Waals surface area contributed by atoms with Crippen molar-refractivity contribution in [3.63, 3.8) is 0 Å². The van der Waals surface area contributed by atoms with Gasteiger partial charge in [0, 0.05) is 26.1 Å². The van der Waals surface area contributed by atoms with Gasteiger partial charge in [0.2, 0.25) is 5.91 Å². The average Bonchev–Trinajstić information content (AvgIpc) is 3.02. The number of amides is 1. The molecule has 0 aromatic carbocycles. The lowest BCUT2D eigenvalue weighted by atomic mass is 9.97. The molecule has 0 bridgehead atoms. The summed E-state index contributed by atoms with van der Waals surface area (Å²) in [7, 11) is -1.89. The predicted molar refractivity (Wildman–Crippen MR) is 82.7 cm³/mol. The molecule has 21 heavy (non-hydrogen) atoms. The minimum Gasteiger partial charge on any atom is -0.355 e. The second kappa shape index (κ2) is 7.35. The molecule has 1 aromatic heterocycles. The molecule has 118 valence electrons.